The molecule has 0 aliphatic heterocycles. The van der Waals surface area contributed by atoms with Crippen LogP contribution < -0.4 is 0 Å². The number of carbonyl (C=O) groups excluding carboxylic acids is 2. The molecule has 0 radical (unpaired) electrons. The highest BCUT2D eigenvalue weighted by molar-refractivity contribution is 8.11. The van der Waals surface area contributed by atoms with Crippen molar-refractivity contribution in [2.75, 3.05) is 0 Å². The summed E-state index contributed by atoms with van der Waals surface area (Å²) in [4.78, 5) is 32.1. The molecule has 4 saturated carbocycles. The lowest BCUT2D eigenvalue weighted by Gasteiger charge is -2.32. The zero-order chi connectivity index (χ0) is 24.7. The molecule has 0 spiro atoms. The van der Waals surface area contributed by atoms with Gasteiger partial charge in [0.05, 0.1) is 19.6 Å². The van der Waals surface area contributed by atoms with Crippen LogP contribution in [0, 0.1) is 0 Å². The monoisotopic (exact) mass is 564 g/mol. The predicted molar refractivity (Wildman–Crippen MR) is 162 cm³/mol. The van der Waals surface area contributed by atoms with E-state index in [4.69, 9.17) is 0 Å². The topological polar surface area (TPSA) is 34.1 Å². The van der Waals surface area contributed by atoms with Gasteiger partial charge in [0.15, 0.2) is 0 Å². The van der Waals surface area contributed by atoms with Crippen LogP contribution in [0.15, 0.2) is 19.6 Å². The average molecular weight is 565 g/mol. The van der Waals surface area contributed by atoms with Crippen molar-refractivity contribution in [3.8, 4) is 0 Å². The second-order valence-corrected chi connectivity index (χ2v) is 16.7. The van der Waals surface area contributed by atoms with Crippen LogP contribution >= 0.6 is 47.0 Å². The number of hydrogen-bond acceptors (Lipinski definition) is 6. The lowest BCUT2D eigenvalue weighted by Crippen LogP contribution is -2.25. The van der Waals surface area contributed by atoms with Crippen molar-refractivity contribution in [1.29, 1.82) is 0 Å². The molecular formula is C30H44O2S4. The van der Waals surface area contributed by atoms with Crippen LogP contribution in [-0.4, -0.2) is 32.6 Å². The lowest BCUT2D eigenvalue weighted by molar-refractivity contribution is -0.114. The Morgan fingerprint density at radius 1 is 0.333 bits per heavy atom. The summed E-state index contributed by atoms with van der Waals surface area (Å²) in [6.45, 7) is 0. The highest BCUT2D eigenvalue weighted by atomic mass is 32.2. The number of Topliss-reactive ketones (excluding diaryl/α,β-unsaturated/α-hetero) is 2. The third-order valence-corrected chi connectivity index (χ3v) is 14.6. The van der Waals surface area contributed by atoms with Crippen molar-refractivity contribution in [3.05, 3.63) is 19.6 Å². The number of rotatable bonds is 8. The van der Waals surface area contributed by atoms with E-state index < -0.39 is 0 Å². The van der Waals surface area contributed by atoms with E-state index in [2.05, 4.69) is 0 Å². The minimum atomic E-state index is 0.220. The molecule has 5 aliphatic rings. The number of thioether (sulfide) groups is 4. The van der Waals surface area contributed by atoms with E-state index in [0.717, 1.165) is 19.6 Å². The summed E-state index contributed by atoms with van der Waals surface area (Å²) < 4.78 is 0. The van der Waals surface area contributed by atoms with Crippen LogP contribution in [0.2, 0.25) is 0 Å². The molecule has 6 heteroatoms. The molecule has 0 aromatic carbocycles. The van der Waals surface area contributed by atoms with Crippen molar-refractivity contribution >= 4 is 58.6 Å². The second kappa shape index (κ2) is 14.0. The van der Waals surface area contributed by atoms with Crippen LogP contribution in [0.1, 0.15) is 128 Å². The molecule has 5 aliphatic carbocycles. The maximum atomic E-state index is 14.4. The van der Waals surface area contributed by atoms with E-state index in [0.29, 0.717) is 21.0 Å². The third kappa shape index (κ3) is 7.24. The summed E-state index contributed by atoms with van der Waals surface area (Å²) >= 11 is 7.18. The quantitative estimate of drug-likeness (QED) is 0.273. The van der Waals surface area contributed by atoms with Gasteiger partial charge in [-0.25, -0.2) is 0 Å². The van der Waals surface area contributed by atoms with Crippen LogP contribution in [0.3, 0.4) is 0 Å². The molecule has 0 saturated heterocycles. The van der Waals surface area contributed by atoms with Gasteiger partial charge in [0.1, 0.15) is 0 Å². The van der Waals surface area contributed by atoms with Gasteiger partial charge in [0.25, 0.3) is 0 Å². The normalized spacial score (nSPS) is 26.8. The molecular weight excluding hydrogens is 521 g/mol. The Bertz CT molecular complexity index is 705. The summed E-state index contributed by atoms with van der Waals surface area (Å²) in [5.41, 5.74) is 0. The SMILES string of the molecule is O=C1C(SC2CCCCC2)=C(SC2CCCCC2)C(=O)C(SC2CCCCC2)=C1SC1CCCCC1. The van der Waals surface area contributed by atoms with E-state index in [1.807, 2.05) is 0 Å². The number of carbonyl (C=O) groups is 2. The van der Waals surface area contributed by atoms with Crippen LogP contribution in [-0.2, 0) is 9.59 Å². The van der Waals surface area contributed by atoms with Crippen molar-refractivity contribution in [2.24, 2.45) is 0 Å². The standard InChI is InChI=1S/C30H44O2S4/c31-25-27(33-21-13-5-1-6-14-21)28(34-22-15-7-2-8-16-22)26(32)30(36-24-19-11-4-12-20-24)29(25)35-23-17-9-3-10-18-23/h21-24H,1-20H2. The molecule has 2 nitrogen and oxygen atoms in total. The van der Waals surface area contributed by atoms with Crippen LogP contribution in [0.25, 0.3) is 0 Å². The first-order valence-electron chi connectivity index (χ1n) is 14.9. The van der Waals surface area contributed by atoms with Crippen LogP contribution in [0.5, 0.6) is 0 Å². The van der Waals surface area contributed by atoms with E-state index in [1.165, 1.54) is 128 Å². The minimum absolute atomic E-state index is 0.220. The smallest absolute Gasteiger partial charge is 0.208 e. The first-order chi connectivity index (χ1) is 17.7. The Hall–Kier alpha value is 0.220. The van der Waals surface area contributed by atoms with Gasteiger partial charge in [-0.1, -0.05) is 77.0 Å². The van der Waals surface area contributed by atoms with Crippen LogP contribution in [0.4, 0.5) is 0 Å². The van der Waals surface area contributed by atoms with Gasteiger partial charge in [0, 0.05) is 21.0 Å². The Kier molecular flexibility index (Phi) is 10.8. The van der Waals surface area contributed by atoms with Gasteiger partial charge in [-0.15, -0.1) is 47.0 Å². The highest BCUT2D eigenvalue weighted by Gasteiger charge is 2.40. The fourth-order valence-electron chi connectivity index (χ4n) is 6.45. The summed E-state index contributed by atoms with van der Waals surface area (Å²) in [5, 5.41) is 2.00. The highest BCUT2D eigenvalue weighted by Crippen LogP contribution is 2.51. The fraction of sp³-hybridized carbons (Fsp3) is 0.800. The molecule has 0 atom stereocenters. The first-order valence-corrected chi connectivity index (χ1v) is 18.5. The molecule has 0 unspecified atom stereocenters. The zero-order valence-corrected chi connectivity index (χ0v) is 25.2. The number of ketones is 2. The largest absolute Gasteiger partial charge is 0.287 e. The number of hydrogen-bond donors (Lipinski definition) is 0. The predicted octanol–water partition coefficient (Wildman–Crippen LogP) is 9.82. The minimum Gasteiger partial charge on any atom is -0.287 e. The van der Waals surface area contributed by atoms with Gasteiger partial charge < -0.3 is 0 Å². The van der Waals surface area contributed by atoms with Gasteiger partial charge in [-0.3, -0.25) is 9.59 Å². The fourth-order valence-corrected chi connectivity index (χ4v) is 12.4. The van der Waals surface area contributed by atoms with Gasteiger partial charge in [0.2, 0.25) is 11.6 Å². The van der Waals surface area contributed by atoms with Crippen molar-refractivity contribution in [1.82, 2.24) is 0 Å². The second-order valence-electron chi connectivity index (χ2n) is 11.5. The lowest BCUT2D eigenvalue weighted by atomic mass is 10.0. The van der Waals surface area contributed by atoms with Gasteiger partial charge >= 0.3 is 0 Å². The zero-order valence-electron chi connectivity index (χ0n) is 21.9. The molecule has 0 bridgehead atoms. The molecule has 200 valence electrons. The summed E-state index contributed by atoms with van der Waals surface area (Å²) in [6.07, 6.45) is 24.9. The maximum Gasteiger partial charge on any atom is 0.208 e. The van der Waals surface area contributed by atoms with E-state index in [-0.39, 0.29) is 11.6 Å². The maximum absolute atomic E-state index is 14.4. The Labute approximate surface area is 236 Å². The van der Waals surface area contributed by atoms with E-state index >= 15 is 0 Å². The Morgan fingerprint density at radius 3 is 0.722 bits per heavy atom. The molecule has 0 heterocycles. The Morgan fingerprint density at radius 2 is 0.528 bits per heavy atom. The number of allylic oxidation sites excluding steroid dienone is 4. The molecule has 0 aromatic rings. The summed E-state index contributed by atoms with van der Waals surface area (Å²) in [6, 6.07) is 0. The summed E-state index contributed by atoms with van der Waals surface area (Å²) in [5.74, 6) is 0.440. The summed E-state index contributed by atoms with van der Waals surface area (Å²) in [7, 11) is 0. The molecule has 5 rings (SSSR count). The average Bonchev–Trinajstić information content (AvgIpc) is 2.93. The molecule has 0 N–H and O–H groups in total. The first kappa shape index (κ1) is 27.8. The Balaban J connectivity index is 1.46. The third-order valence-electron chi connectivity index (χ3n) is 8.58. The van der Waals surface area contributed by atoms with Gasteiger partial charge in [-0.2, -0.15) is 0 Å². The van der Waals surface area contributed by atoms with Gasteiger partial charge in [-0.05, 0) is 51.4 Å². The van der Waals surface area contributed by atoms with E-state index in [9.17, 15) is 9.59 Å². The van der Waals surface area contributed by atoms with Crippen molar-refractivity contribution < 1.29 is 9.59 Å². The molecule has 0 amide bonds. The van der Waals surface area contributed by atoms with Crippen molar-refractivity contribution in [2.45, 2.75) is 149 Å². The van der Waals surface area contributed by atoms with E-state index in [1.54, 1.807) is 47.0 Å². The molecule has 4 fully saturated rings. The molecule has 36 heavy (non-hydrogen) atoms. The van der Waals surface area contributed by atoms with Crippen molar-refractivity contribution in [3.63, 3.8) is 0 Å². The molecule has 0 aromatic heterocycles.